The quantitative estimate of drug-likeness (QED) is 0.810. The molecule has 3 N–H and O–H groups in total. The summed E-state index contributed by atoms with van der Waals surface area (Å²) < 4.78 is 25.6. The average Bonchev–Trinajstić information content (AvgIpc) is 2.66. The van der Waals surface area contributed by atoms with E-state index >= 15 is 0 Å². The average molecular weight is 290 g/mol. The molecule has 0 radical (unpaired) electrons. The van der Waals surface area contributed by atoms with E-state index in [0.29, 0.717) is 6.42 Å². The molecule has 19 heavy (non-hydrogen) atoms. The zero-order valence-corrected chi connectivity index (χ0v) is 12.1. The van der Waals surface area contributed by atoms with Crippen molar-refractivity contribution >= 4 is 17.2 Å². The fourth-order valence-corrected chi connectivity index (χ4v) is 2.74. The lowest BCUT2D eigenvalue weighted by molar-refractivity contribution is -0.122. The van der Waals surface area contributed by atoms with Crippen LogP contribution in [0.15, 0.2) is 6.07 Å². The lowest BCUT2D eigenvalue weighted by atomic mass is 10.1. The molecule has 0 bridgehead atoms. The minimum atomic E-state index is -3.02. The van der Waals surface area contributed by atoms with Crippen LogP contribution in [0.1, 0.15) is 28.2 Å². The molecule has 0 saturated carbocycles. The van der Waals surface area contributed by atoms with Crippen LogP contribution >= 0.6 is 11.3 Å². The molecule has 0 aliphatic heterocycles. The Balaban J connectivity index is 2.26. The Morgan fingerprint density at radius 1 is 1.47 bits per heavy atom. The molecule has 0 saturated heterocycles. The first-order chi connectivity index (χ1) is 8.84. The first kappa shape index (κ1) is 16.0. The SMILES string of the molecule is Cc1cc(CCCC(=O)NCC(F)(F)CN)c(C)s1. The Morgan fingerprint density at radius 3 is 2.68 bits per heavy atom. The van der Waals surface area contributed by atoms with E-state index < -0.39 is 19.0 Å². The molecule has 1 heterocycles. The molecule has 0 fully saturated rings. The third-order valence-electron chi connectivity index (χ3n) is 2.84. The molecule has 0 atom stereocenters. The van der Waals surface area contributed by atoms with Crippen molar-refractivity contribution in [3.63, 3.8) is 0 Å². The van der Waals surface area contributed by atoms with Crippen LogP contribution in [0.25, 0.3) is 0 Å². The highest BCUT2D eigenvalue weighted by atomic mass is 32.1. The second-order valence-electron chi connectivity index (χ2n) is 4.63. The zero-order valence-electron chi connectivity index (χ0n) is 11.3. The number of amides is 1. The zero-order chi connectivity index (χ0) is 14.5. The number of nitrogens with one attached hydrogen (secondary N) is 1. The van der Waals surface area contributed by atoms with Crippen LogP contribution in [0.3, 0.4) is 0 Å². The number of aryl methyl sites for hydroxylation is 3. The summed E-state index contributed by atoms with van der Waals surface area (Å²) in [6.45, 7) is 2.66. The summed E-state index contributed by atoms with van der Waals surface area (Å²) in [6, 6.07) is 2.11. The number of alkyl halides is 2. The van der Waals surface area contributed by atoms with Gasteiger partial charge in [-0.05, 0) is 38.3 Å². The molecule has 1 aromatic rings. The van der Waals surface area contributed by atoms with Crippen molar-refractivity contribution in [2.45, 2.75) is 39.0 Å². The summed E-state index contributed by atoms with van der Waals surface area (Å²) in [5.74, 6) is -3.37. The number of halogens is 2. The highest BCUT2D eigenvalue weighted by Crippen LogP contribution is 2.22. The van der Waals surface area contributed by atoms with Gasteiger partial charge < -0.3 is 11.1 Å². The van der Waals surface area contributed by atoms with E-state index in [1.54, 1.807) is 11.3 Å². The molecule has 0 unspecified atom stereocenters. The number of carbonyl (C=O) groups is 1. The van der Waals surface area contributed by atoms with Crippen molar-refractivity contribution in [3.05, 3.63) is 21.4 Å². The van der Waals surface area contributed by atoms with Crippen LogP contribution < -0.4 is 11.1 Å². The normalized spacial score (nSPS) is 11.6. The Morgan fingerprint density at radius 2 is 2.16 bits per heavy atom. The van der Waals surface area contributed by atoms with E-state index in [4.69, 9.17) is 5.73 Å². The Kier molecular flexibility index (Phi) is 5.87. The van der Waals surface area contributed by atoms with Gasteiger partial charge in [-0.25, -0.2) is 8.78 Å². The summed E-state index contributed by atoms with van der Waals surface area (Å²) in [5.41, 5.74) is 6.13. The molecule has 1 rings (SSSR count). The topological polar surface area (TPSA) is 55.1 Å². The highest BCUT2D eigenvalue weighted by Gasteiger charge is 2.26. The number of nitrogens with two attached hydrogens (primary N) is 1. The van der Waals surface area contributed by atoms with Crippen molar-refractivity contribution in [2.75, 3.05) is 13.1 Å². The van der Waals surface area contributed by atoms with Gasteiger partial charge in [0.25, 0.3) is 5.92 Å². The third-order valence-corrected chi connectivity index (χ3v) is 3.84. The van der Waals surface area contributed by atoms with Crippen molar-refractivity contribution in [1.82, 2.24) is 5.32 Å². The van der Waals surface area contributed by atoms with Gasteiger partial charge in [-0.2, -0.15) is 0 Å². The number of hydrogen-bond acceptors (Lipinski definition) is 3. The van der Waals surface area contributed by atoms with Crippen molar-refractivity contribution in [3.8, 4) is 0 Å². The van der Waals surface area contributed by atoms with Gasteiger partial charge in [0.1, 0.15) is 0 Å². The Hall–Kier alpha value is -1.01. The largest absolute Gasteiger partial charge is 0.350 e. The van der Waals surface area contributed by atoms with Crippen LogP contribution in [-0.2, 0) is 11.2 Å². The van der Waals surface area contributed by atoms with Crippen molar-refractivity contribution in [2.24, 2.45) is 5.73 Å². The third kappa shape index (κ3) is 5.65. The van der Waals surface area contributed by atoms with E-state index in [1.807, 2.05) is 6.92 Å². The van der Waals surface area contributed by atoms with Gasteiger partial charge in [-0.15, -0.1) is 11.3 Å². The number of thiophene rings is 1. The fourth-order valence-electron chi connectivity index (χ4n) is 1.76. The minimum Gasteiger partial charge on any atom is -0.350 e. The van der Waals surface area contributed by atoms with Crippen LogP contribution in [0.4, 0.5) is 8.78 Å². The van der Waals surface area contributed by atoms with Gasteiger partial charge >= 0.3 is 0 Å². The molecule has 6 heteroatoms. The van der Waals surface area contributed by atoms with Crippen molar-refractivity contribution in [1.29, 1.82) is 0 Å². The van der Waals surface area contributed by atoms with Crippen LogP contribution in [-0.4, -0.2) is 24.9 Å². The lowest BCUT2D eigenvalue weighted by Gasteiger charge is -2.14. The molecule has 0 aliphatic carbocycles. The predicted octanol–water partition coefficient (Wildman–Crippen LogP) is 2.40. The molecular weight excluding hydrogens is 270 g/mol. The van der Waals surface area contributed by atoms with Gasteiger partial charge in [0.15, 0.2) is 0 Å². The van der Waals surface area contributed by atoms with E-state index in [9.17, 15) is 13.6 Å². The maximum atomic E-state index is 12.8. The number of rotatable bonds is 7. The molecule has 0 aromatic carbocycles. The van der Waals surface area contributed by atoms with E-state index in [0.717, 1.165) is 6.42 Å². The van der Waals surface area contributed by atoms with E-state index in [1.165, 1.54) is 15.3 Å². The predicted molar refractivity (Wildman–Crippen MR) is 73.7 cm³/mol. The summed E-state index contributed by atoms with van der Waals surface area (Å²) >= 11 is 1.73. The molecule has 3 nitrogen and oxygen atoms in total. The van der Waals surface area contributed by atoms with Gasteiger partial charge in [-0.1, -0.05) is 0 Å². The summed E-state index contributed by atoms with van der Waals surface area (Å²) in [7, 11) is 0. The Bertz CT molecular complexity index is 432. The maximum Gasteiger partial charge on any atom is 0.277 e. The summed E-state index contributed by atoms with van der Waals surface area (Å²) in [4.78, 5) is 13.9. The summed E-state index contributed by atoms with van der Waals surface area (Å²) in [6.07, 6.45) is 1.73. The van der Waals surface area contributed by atoms with Gasteiger partial charge in [0.2, 0.25) is 5.91 Å². The smallest absolute Gasteiger partial charge is 0.277 e. The van der Waals surface area contributed by atoms with E-state index in [-0.39, 0.29) is 12.3 Å². The molecular formula is C13H20F2N2OS. The minimum absolute atomic E-state index is 0.259. The van der Waals surface area contributed by atoms with E-state index in [2.05, 4.69) is 18.3 Å². The molecule has 0 spiro atoms. The van der Waals surface area contributed by atoms with Crippen molar-refractivity contribution < 1.29 is 13.6 Å². The van der Waals surface area contributed by atoms with Gasteiger partial charge in [0.05, 0.1) is 13.1 Å². The molecule has 1 amide bonds. The monoisotopic (exact) mass is 290 g/mol. The number of hydrogen-bond donors (Lipinski definition) is 2. The Labute approximate surface area is 116 Å². The van der Waals surface area contributed by atoms with Crippen LogP contribution in [0.2, 0.25) is 0 Å². The van der Waals surface area contributed by atoms with Gasteiger partial charge in [0, 0.05) is 16.2 Å². The first-order valence-corrected chi connectivity index (χ1v) is 7.06. The fraction of sp³-hybridized carbons (Fsp3) is 0.615. The van der Waals surface area contributed by atoms with Gasteiger partial charge in [-0.3, -0.25) is 4.79 Å². The van der Waals surface area contributed by atoms with Crippen LogP contribution in [0.5, 0.6) is 0 Å². The standard InChI is InChI=1S/C13H20F2N2OS/c1-9-6-11(10(2)19-9)4-3-5-12(18)17-8-13(14,15)7-16/h6H,3-5,7-8,16H2,1-2H3,(H,17,18). The molecule has 0 aliphatic rings. The second-order valence-corrected chi connectivity index (χ2v) is 6.09. The van der Waals surface area contributed by atoms with Crippen LogP contribution in [0, 0.1) is 13.8 Å². The first-order valence-electron chi connectivity index (χ1n) is 6.24. The maximum absolute atomic E-state index is 12.8. The lowest BCUT2D eigenvalue weighted by Crippen LogP contribution is -2.41. The second kappa shape index (κ2) is 6.96. The molecule has 108 valence electrons. The highest BCUT2D eigenvalue weighted by molar-refractivity contribution is 7.12. The number of carbonyl (C=O) groups excluding carboxylic acids is 1. The summed E-state index contributed by atoms with van der Waals surface area (Å²) in [5, 5.41) is 2.21. The molecule has 1 aromatic heterocycles.